The molecule has 0 spiro atoms. The van der Waals surface area contributed by atoms with E-state index in [2.05, 4.69) is 52.0 Å². The Kier molecular flexibility index (Phi) is 3.82. The Morgan fingerprint density at radius 1 is 1.22 bits per heavy atom. The molecular weight excluding hydrogens is 218 g/mol. The maximum atomic E-state index is 6.92. The molecule has 2 N–H and O–H groups in total. The molecule has 0 heterocycles. The monoisotopic (exact) mass is 245 g/mol. The Hall–Kier alpha value is -0.820. The van der Waals surface area contributed by atoms with Gasteiger partial charge >= 0.3 is 0 Å². The zero-order chi connectivity index (χ0) is 13.3. The first-order valence-electron chi connectivity index (χ1n) is 7.30. The van der Waals surface area contributed by atoms with Crippen LogP contribution < -0.4 is 5.73 Å². The van der Waals surface area contributed by atoms with Gasteiger partial charge in [-0.25, -0.2) is 0 Å². The van der Waals surface area contributed by atoms with Crippen molar-refractivity contribution in [3.05, 3.63) is 35.4 Å². The van der Waals surface area contributed by atoms with Crippen molar-refractivity contribution < 1.29 is 0 Å². The van der Waals surface area contributed by atoms with Crippen molar-refractivity contribution in [3.8, 4) is 0 Å². The average molecular weight is 245 g/mol. The summed E-state index contributed by atoms with van der Waals surface area (Å²) in [5.41, 5.74) is 9.51. The van der Waals surface area contributed by atoms with E-state index in [-0.39, 0.29) is 5.54 Å². The molecular formula is C17H27N. The van der Waals surface area contributed by atoms with Crippen molar-refractivity contribution in [1.82, 2.24) is 0 Å². The van der Waals surface area contributed by atoms with Crippen LogP contribution >= 0.6 is 0 Å². The van der Waals surface area contributed by atoms with Gasteiger partial charge in [-0.3, -0.25) is 0 Å². The Balaban J connectivity index is 2.44. The van der Waals surface area contributed by atoms with Crippen LogP contribution in [-0.2, 0) is 5.54 Å². The van der Waals surface area contributed by atoms with Gasteiger partial charge in [0, 0.05) is 5.54 Å². The number of hydrogen-bond donors (Lipinski definition) is 1. The summed E-state index contributed by atoms with van der Waals surface area (Å²) in [5.74, 6) is 2.00. The van der Waals surface area contributed by atoms with Crippen molar-refractivity contribution in [2.24, 2.45) is 23.5 Å². The first-order valence-corrected chi connectivity index (χ1v) is 7.30. The quantitative estimate of drug-likeness (QED) is 0.828. The molecule has 0 aliphatic heterocycles. The molecule has 0 radical (unpaired) electrons. The second-order valence-electron chi connectivity index (χ2n) is 6.59. The van der Waals surface area contributed by atoms with E-state index < -0.39 is 0 Å². The summed E-state index contributed by atoms with van der Waals surface area (Å²) in [4.78, 5) is 0. The van der Waals surface area contributed by atoms with Crippen LogP contribution in [0.5, 0.6) is 0 Å². The SMILES string of the molecule is Cc1ccccc1C1(N)CC(C)CCC1C(C)C. The van der Waals surface area contributed by atoms with E-state index in [0.29, 0.717) is 11.8 Å². The van der Waals surface area contributed by atoms with Crippen LogP contribution in [0.3, 0.4) is 0 Å². The first-order chi connectivity index (χ1) is 8.45. The molecule has 1 aromatic carbocycles. The van der Waals surface area contributed by atoms with Gasteiger partial charge in [0.15, 0.2) is 0 Å². The van der Waals surface area contributed by atoms with E-state index in [0.717, 1.165) is 12.3 Å². The number of aryl methyl sites for hydroxylation is 1. The fraction of sp³-hybridized carbons (Fsp3) is 0.647. The lowest BCUT2D eigenvalue weighted by Gasteiger charge is -2.47. The van der Waals surface area contributed by atoms with Crippen molar-refractivity contribution >= 4 is 0 Å². The fourth-order valence-electron chi connectivity index (χ4n) is 3.88. The molecule has 3 unspecified atom stereocenters. The van der Waals surface area contributed by atoms with Gasteiger partial charge in [-0.2, -0.15) is 0 Å². The van der Waals surface area contributed by atoms with E-state index in [9.17, 15) is 0 Å². The van der Waals surface area contributed by atoms with E-state index >= 15 is 0 Å². The van der Waals surface area contributed by atoms with Crippen LogP contribution in [0.1, 0.15) is 51.2 Å². The third-order valence-electron chi connectivity index (χ3n) is 4.77. The van der Waals surface area contributed by atoms with Crippen LogP contribution in [0.15, 0.2) is 24.3 Å². The summed E-state index contributed by atoms with van der Waals surface area (Å²) in [7, 11) is 0. The molecule has 0 bridgehead atoms. The largest absolute Gasteiger partial charge is 0.321 e. The summed E-state index contributed by atoms with van der Waals surface area (Å²) < 4.78 is 0. The van der Waals surface area contributed by atoms with E-state index in [1.807, 2.05) is 0 Å². The molecule has 1 heteroatoms. The predicted octanol–water partition coefficient (Wildman–Crippen LogP) is 4.24. The second kappa shape index (κ2) is 5.05. The summed E-state index contributed by atoms with van der Waals surface area (Å²) in [6, 6.07) is 8.68. The molecule has 1 saturated carbocycles. The molecule has 3 atom stereocenters. The van der Waals surface area contributed by atoms with Gasteiger partial charge in [0.2, 0.25) is 0 Å². The highest BCUT2D eigenvalue weighted by Gasteiger charge is 2.42. The molecule has 1 aliphatic carbocycles. The molecule has 0 aromatic heterocycles. The van der Waals surface area contributed by atoms with E-state index in [1.54, 1.807) is 0 Å². The van der Waals surface area contributed by atoms with Gasteiger partial charge in [0.05, 0.1) is 0 Å². The maximum absolute atomic E-state index is 6.92. The first kappa shape index (κ1) is 13.6. The minimum Gasteiger partial charge on any atom is -0.321 e. The lowest BCUT2D eigenvalue weighted by molar-refractivity contribution is 0.108. The van der Waals surface area contributed by atoms with Crippen LogP contribution in [0.25, 0.3) is 0 Å². The van der Waals surface area contributed by atoms with Gasteiger partial charge < -0.3 is 5.73 Å². The van der Waals surface area contributed by atoms with Crippen molar-refractivity contribution in [2.75, 3.05) is 0 Å². The molecule has 0 amide bonds. The van der Waals surface area contributed by atoms with Crippen LogP contribution in [0, 0.1) is 24.7 Å². The van der Waals surface area contributed by atoms with Gasteiger partial charge in [0.1, 0.15) is 0 Å². The molecule has 100 valence electrons. The van der Waals surface area contributed by atoms with Gasteiger partial charge in [-0.1, -0.05) is 51.5 Å². The second-order valence-corrected chi connectivity index (χ2v) is 6.59. The van der Waals surface area contributed by atoms with Crippen LogP contribution in [0.4, 0.5) is 0 Å². The Labute approximate surface area is 112 Å². The molecule has 18 heavy (non-hydrogen) atoms. The normalized spacial score (nSPS) is 32.8. The number of hydrogen-bond acceptors (Lipinski definition) is 1. The smallest absolute Gasteiger partial charge is 0.0445 e. The lowest BCUT2D eigenvalue weighted by atomic mass is 9.62. The average Bonchev–Trinajstić information content (AvgIpc) is 2.28. The standard InChI is InChI=1S/C17H27N/c1-12(2)15-10-9-13(3)11-17(15,18)16-8-6-5-7-14(16)4/h5-8,12-13,15H,9-11,18H2,1-4H3. The Morgan fingerprint density at radius 3 is 2.50 bits per heavy atom. The van der Waals surface area contributed by atoms with Crippen molar-refractivity contribution in [1.29, 1.82) is 0 Å². The predicted molar refractivity (Wildman–Crippen MR) is 78.4 cm³/mol. The summed E-state index contributed by atoms with van der Waals surface area (Å²) in [6.07, 6.45) is 3.72. The molecule has 1 fully saturated rings. The molecule has 1 aromatic rings. The van der Waals surface area contributed by atoms with Gasteiger partial charge in [0.25, 0.3) is 0 Å². The molecule has 1 nitrogen and oxygen atoms in total. The van der Waals surface area contributed by atoms with Crippen molar-refractivity contribution in [3.63, 3.8) is 0 Å². The molecule has 1 aliphatic rings. The highest BCUT2D eigenvalue weighted by Crippen LogP contribution is 2.46. The zero-order valence-electron chi connectivity index (χ0n) is 12.2. The Morgan fingerprint density at radius 2 is 1.89 bits per heavy atom. The topological polar surface area (TPSA) is 26.0 Å². The number of benzene rings is 1. The van der Waals surface area contributed by atoms with Gasteiger partial charge in [-0.15, -0.1) is 0 Å². The summed E-state index contributed by atoms with van der Waals surface area (Å²) in [6.45, 7) is 9.18. The minimum absolute atomic E-state index is 0.128. The summed E-state index contributed by atoms with van der Waals surface area (Å²) in [5, 5.41) is 0. The minimum atomic E-state index is -0.128. The highest BCUT2D eigenvalue weighted by molar-refractivity contribution is 5.34. The molecule has 2 rings (SSSR count). The van der Waals surface area contributed by atoms with E-state index in [4.69, 9.17) is 5.73 Å². The lowest BCUT2D eigenvalue weighted by Crippen LogP contribution is -2.50. The third kappa shape index (κ3) is 2.33. The maximum Gasteiger partial charge on any atom is 0.0445 e. The van der Waals surface area contributed by atoms with Crippen LogP contribution in [0.2, 0.25) is 0 Å². The van der Waals surface area contributed by atoms with Gasteiger partial charge in [-0.05, 0) is 48.6 Å². The van der Waals surface area contributed by atoms with E-state index in [1.165, 1.54) is 24.0 Å². The van der Waals surface area contributed by atoms with Crippen LogP contribution in [-0.4, -0.2) is 0 Å². The fourth-order valence-corrected chi connectivity index (χ4v) is 3.88. The molecule has 0 saturated heterocycles. The Bertz CT molecular complexity index is 410. The number of rotatable bonds is 2. The highest BCUT2D eigenvalue weighted by atomic mass is 14.8. The zero-order valence-corrected chi connectivity index (χ0v) is 12.2. The summed E-state index contributed by atoms with van der Waals surface area (Å²) >= 11 is 0. The third-order valence-corrected chi connectivity index (χ3v) is 4.77. The van der Waals surface area contributed by atoms with Crippen molar-refractivity contribution in [2.45, 2.75) is 52.5 Å². The number of nitrogens with two attached hydrogens (primary N) is 1.